The molecule has 110 valence electrons. The van der Waals surface area contributed by atoms with Crippen molar-refractivity contribution in [1.29, 1.82) is 0 Å². The molecular formula is C16H11FN2OS2. The van der Waals surface area contributed by atoms with E-state index in [9.17, 15) is 9.18 Å². The van der Waals surface area contributed by atoms with Gasteiger partial charge < -0.3 is 0 Å². The van der Waals surface area contributed by atoms with Gasteiger partial charge in [0.05, 0.1) is 0 Å². The maximum atomic E-state index is 12.9. The van der Waals surface area contributed by atoms with Gasteiger partial charge in [0.25, 0.3) is 0 Å². The fourth-order valence-corrected chi connectivity index (χ4v) is 3.25. The first-order chi connectivity index (χ1) is 10.7. The molecule has 0 saturated heterocycles. The second-order valence-corrected chi connectivity index (χ2v) is 6.38. The summed E-state index contributed by atoms with van der Waals surface area (Å²) in [5.41, 5.74) is 0.957. The zero-order chi connectivity index (χ0) is 15.4. The zero-order valence-corrected chi connectivity index (χ0v) is 13.0. The van der Waals surface area contributed by atoms with E-state index in [1.54, 1.807) is 29.8 Å². The van der Waals surface area contributed by atoms with E-state index >= 15 is 0 Å². The SMILES string of the molecule is O=C(/C=C/c1ccc(-c2ccc(F)cc2)s1)Nc1nccs1. The maximum Gasteiger partial charge on any atom is 0.250 e. The minimum absolute atomic E-state index is 0.216. The van der Waals surface area contributed by atoms with Crippen molar-refractivity contribution in [3.8, 4) is 10.4 Å². The minimum Gasteiger partial charge on any atom is -0.298 e. The molecule has 0 aliphatic carbocycles. The Morgan fingerprint density at radius 1 is 1.18 bits per heavy atom. The number of benzene rings is 1. The molecule has 1 N–H and O–H groups in total. The summed E-state index contributed by atoms with van der Waals surface area (Å²) >= 11 is 2.91. The Bertz CT molecular complexity index is 792. The fourth-order valence-electron chi connectivity index (χ4n) is 1.80. The molecule has 0 saturated carbocycles. The largest absolute Gasteiger partial charge is 0.298 e. The van der Waals surface area contributed by atoms with Crippen LogP contribution in [0, 0.1) is 5.82 Å². The molecule has 3 rings (SSSR count). The van der Waals surface area contributed by atoms with Crippen LogP contribution in [0.5, 0.6) is 0 Å². The third-order valence-electron chi connectivity index (χ3n) is 2.82. The number of rotatable bonds is 4. The summed E-state index contributed by atoms with van der Waals surface area (Å²) in [5, 5.41) is 5.06. The highest BCUT2D eigenvalue weighted by Crippen LogP contribution is 2.28. The first-order valence-electron chi connectivity index (χ1n) is 6.45. The number of thiophene rings is 1. The number of anilines is 1. The van der Waals surface area contributed by atoms with Gasteiger partial charge in [0.1, 0.15) is 5.82 Å². The number of hydrogen-bond donors (Lipinski definition) is 1. The quantitative estimate of drug-likeness (QED) is 0.707. The van der Waals surface area contributed by atoms with E-state index in [2.05, 4.69) is 10.3 Å². The first-order valence-corrected chi connectivity index (χ1v) is 8.15. The van der Waals surface area contributed by atoms with E-state index in [4.69, 9.17) is 0 Å². The third kappa shape index (κ3) is 3.66. The lowest BCUT2D eigenvalue weighted by Crippen LogP contribution is -2.06. The van der Waals surface area contributed by atoms with Crippen molar-refractivity contribution >= 4 is 39.8 Å². The molecule has 0 aliphatic heterocycles. The van der Waals surface area contributed by atoms with Gasteiger partial charge in [0.15, 0.2) is 5.13 Å². The summed E-state index contributed by atoms with van der Waals surface area (Å²) in [5.74, 6) is -0.467. The van der Waals surface area contributed by atoms with Crippen molar-refractivity contribution in [3.63, 3.8) is 0 Å². The van der Waals surface area contributed by atoms with Crippen LogP contribution in [0.4, 0.5) is 9.52 Å². The monoisotopic (exact) mass is 330 g/mol. The van der Waals surface area contributed by atoms with Crippen LogP contribution in [0.15, 0.2) is 54.1 Å². The standard InChI is InChI=1S/C16H11FN2OS2/c17-12-3-1-11(2-4-12)14-7-5-13(22-14)6-8-15(20)19-16-18-9-10-21-16/h1-10H,(H,18,19,20)/b8-6+. The lowest BCUT2D eigenvalue weighted by atomic mass is 10.2. The predicted octanol–water partition coefficient (Wildman–Crippen LogP) is 4.66. The van der Waals surface area contributed by atoms with Gasteiger partial charge in [-0.1, -0.05) is 12.1 Å². The molecule has 1 amide bonds. The van der Waals surface area contributed by atoms with E-state index in [0.717, 1.165) is 15.3 Å². The van der Waals surface area contributed by atoms with Crippen molar-refractivity contribution in [3.05, 3.63) is 64.7 Å². The highest BCUT2D eigenvalue weighted by atomic mass is 32.1. The fraction of sp³-hybridized carbons (Fsp3) is 0. The van der Waals surface area contributed by atoms with Gasteiger partial charge in [-0.3, -0.25) is 10.1 Å². The van der Waals surface area contributed by atoms with Gasteiger partial charge in [0, 0.05) is 27.4 Å². The van der Waals surface area contributed by atoms with Crippen LogP contribution < -0.4 is 5.32 Å². The normalized spacial score (nSPS) is 11.0. The Morgan fingerprint density at radius 3 is 2.73 bits per heavy atom. The van der Waals surface area contributed by atoms with Crippen molar-refractivity contribution in [2.24, 2.45) is 0 Å². The molecule has 22 heavy (non-hydrogen) atoms. The van der Waals surface area contributed by atoms with Gasteiger partial charge in [0.2, 0.25) is 5.91 Å². The van der Waals surface area contributed by atoms with E-state index in [0.29, 0.717) is 5.13 Å². The lowest BCUT2D eigenvalue weighted by molar-refractivity contribution is -0.111. The van der Waals surface area contributed by atoms with Crippen LogP contribution >= 0.6 is 22.7 Å². The molecule has 3 nitrogen and oxygen atoms in total. The van der Waals surface area contributed by atoms with E-state index in [-0.39, 0.29) is 11.7 Å². The summed E-state index contributed by atoms with van der Waals surface area (Å²) in [6.45, 7) is 0. The highest BCUT2D eigenvalue weighted by molar-refractivity contribution is 7.16. The van der Waals surface area contributed by atoms with Crippen molar-refractivity contribution < 1.29 is 9.18 Å². The molecule has 0 aliphatic rings. The van der Waals surface area contributed by atoms with E-state index in [1.807, 2.05) is 12.1 Å². The average molecular weight is 330 g/mol. The number of halogens is 1. The molecule has 0 unspecified atom stereocenters. The smallest absolute Gasteiger partial charge is 0.250 e. The van der Waals surface area contributed by atoms with Crippen molar-refractivity contribution in [2.75, 3.05) is 5.32 Å². The molecule has 6 heteroatoms. The number of nitrogens with zero attached hydrogens (tertiary/aromatic N) is 1. The van der Waals surface area contributed by atoms with Crippen LogP contribution in [-0.2, 0) is 4.79 Å². The average Bonchev–Trinajstić information content (AvgIpc) is 3.17. The van der Waals surface area contributed by atoms with Gasteiger partial charge in [-0.25, -0.2) is 9.37 Å². The Hall–Kier alpha value is -2.31. The first kappa shape index (κ1) is 14.6. The zero-order valence-electron chi connectivity index (χ0n) is 11.3. The van der Waals surface area contributed by atoms with Crippen molar-refractivity contribution in [2.45, 2.75) is 0 Å². The molecule has 0 radical (unpaired) electrons. The van der Waals surface area contributed by atoms with Crippen LogP contribution in [-0.4, -0.2) is 10.9 Å². The van der Waals surface area contributed by atoms with Crippen molar-refractivity contribution in [1.82, 2.24) is 4.98 Å². The van der Waals surface area contributed by atoms with E-state index < -0.39 is 0 Å². The van der Waals surface area contributed by atoms with Crippen LogP contribution in [0.25, 0.3) is 16.5 Å². The molecule has 3 aromatic rings. The Kier molecular flexibility index (Phi) is 4.41. The minimum atomic E-state index is -0.251. The molecule has 0 atom stereocenters. The number of carbonyl (C=O) groups is 1. The maximum absolute atomic E-state index is 12.9. The summed E-state index contributed by atoms with van der Waals surface area (Å²) in [6, 6.07) is 10.2. The number of thiazole rings is 1. The Morgan fingerprint density at radius 2 is 2.00 bits per heavy atom. The number of carbonyl (C=O) groups excluding carboxylic acids is 1. The topological polar surface area (TPSA) is 42.0 Å². The lowest BCUT2D eigenvalue weighted by Gasteiger charge is -1.96. The second-order valence-electron chi connectivity index (χ2n) is 4.37. The second kappa shape index (κ2) is 6.64. The van der Waals surface area contributed by atoms with Crippen LogP contribution in [0.2, 0.25) is 0 Å². The van der Waals surface area contributed by atoms with Gasteiger partial charge in [-0.05, 0) is 35.9 Å². The molecule has 1 aromatic carbocycles. The molecule has 0 spiro atoms. The number of aromatic nitrogens is 1. The van der Waals surface area contributed by atoms with E-state index in [1.165, 1.54) is 40.9 Å². The summed E-state index contributed by atoms with van der Waals surface area (Å²) in [4.78, 5) is 17.7. The Labute approximate surface area is 134 Å². The molecule has 0 fully saturated rings. The molecule has 2 heterocycles. The summed E-state index contributed by atoms with van der Waals surface area (Å²) in [6.07, 6.45) is 4.86. The molecular weight excluding hydrogens is 319 g/mol. The Balaban J connectivity index is 1.67. The van der Waals surface area contributed by atoms with Crippen LogP contribution in [0.1, 0.15) is 4.88 Å². The number of nitrogens with one attached hydrogen (secondary N) is 1. The third-order valence-corrected chi connectivity index (χ3v) is 4.61. The summed E-state index contributed by atoms with van der Waals surface area (Å²) < 4.78 is 12.9. The molecule has 2 aromatic heterocycles. The van der Waals surface area contributed by atoms with Crippen LogP contribution in [0.3, 0.4) is 0 Å². The predicted molar refractivity (Wildman–Crippen MR) is 89.5 cm³/mol. The van der Waals surface area contributed by atoms with Gasteiger partial charge in [-0.2, -0.15) is 0 Å². The number of hydrogen-bond acceptors (Lipinski definition) is 4. The summed E-state index contributed by atoms with van der Waals surface area (Å²) in [7, 11) is 0. The highest BCUT2D eigenvalue weighted by Gasteiger charge is 2.03. The van der Waals surface area contributed by atoms with Gasteiger partial charge in [-0.15, -0.1) is 22.7 Å². The van der Waals surface area contributed by atoms with Gasteiger partial charge >= 0.3 is 0 Å². The molecule has 0 bridgehead atoms. The number of amides is 1.